The highest BCUT2D eigenvalue weighted by molar-refractivity contribution is 7.16. The fourth-order valence-corrected chi connectivity index (χ4v) is 3.31. The third-order valence-corrected chi connectivity index (χ3v) is 4.31. The van der Waals surface area contributed by atoms with E-state index in [9.17, 15) is 13.2 Å². The Balaban J connectivity index is 2.71. The molecule has 0 aliphatic carbocycles. The molecule has 0 fully saturated rings. The maximum atomic E-state index is 13.1. The van der Waals surface area contributed by atoms with Crippen LogP contribution in [-0.2, 0) is 12.6 Å². The first-order chi connectivity index (χ1) is 9.90. The van der Waals surface area contributed by atoms with Crippen LogP contribution in [0.3, 0.4) is 0 Å². The van der Waals surface area contributed by atoms with Crippen molar-refractivity contribution in [3.05, 3.63) is 40.3 Å². The zero-order valence-electron chi connectivity index (χ0n) is 11.3. The highest BCUT2D eigenvalue weighted by atomic mass is 32.1. The van der Waals surface area contributed by atoms with Crippen LogP contribution < -0.4 is 5.73 Å². The van der Waals surface area contributed by atoms with Crippen molar-refractivity contribution < 1.29 is 13.2 Å². The number of nitrogen functional groups attached to an aromatic ring is 1. The highest BCUT2D eigenvalue weighted by Gasteiger charge is 2.34. The van der Waals surface area contributed by atoms with Gasteiger partial charge in [0.15, 0.2) is 0 Å². The lowest BCUT2D eigenvalue weighted by molar-refractivity contribution is -0.137. The van der Waals surface area contributed by atoms with E-state index in [2.05, 4.69) is 0 Å². The van der Waals surface area contributed by atoms with E-state index in [1.54, 1.807) is 6.07 Å². The van der Waals surface area contributed by atoms with Crippen LogP contribution in [0.1, 0.15) is 29.3 Å². The van der Waals surface area contributed by atoms with Crippen molar-refractivity contribution in [1.29, 1.82) is 5.26 Å². The number of hydrogen-bond acceptors (Lipinski definition) is 3. The molecule has 110 valence electrons. The Morgan fingerprint density at radius 3 is 2.52 bits per heavy atom. The first kappa shape index (κ1) is 15.4. The van der Waals surface area contributed by atoms with Crippen LogP contribution >= 0.6 is 11.3 Å². The van der Waals surface area contributed by atoms with Gasteiger partial charge in [-0.3, -0.25) is 0 Å². The molecule has 0 spiro atoms. The number of nitriles is 1. The van der Waals surface area contributed by atoms with Crippen LogP contribution in [0.5, 0.6) is 0 Å². The number of nitrogens with two attached hydrogens (primary N) is 1. The highest BCUT2D eigenvalue weighted by Crippen LogP contribution is 2.44. The Morgan fingerprint density at radius 2 is 1.95 bits per heavy atom. The van der Waals surface area contributed by atoms with E-state index < -0.39 is 11.7 Å². The minimum Gasteiger partial charge on any atom is -0.397 e. The monoisotopic (exact) mass is 310 g/mol. The van der Waals surface area contributed by atoms with Gasteiger partial charge in [-0.15, -0.1) is 11.3 Å². The third-order valence-electron chi connectivity index (χ3n) is 3.13. The molecule has 2 aromatic rings. The molecule has 1 aromatic carbocycles. The molecule has 0 saturated heterocycles. The summed E-state index contributed by atoms with van der Waals surface area (Å²) in [5.74, 6) is 0. The number of hydrogen-bond donors (Lipinski definition) is 1. The normalized spacial score (nSPS) is 11.4. The van der Waals surface area contributed by atoms with Gasteiger partial charge in [-0.2, -0.15) is 18.4 Å². The van der Waals surface area contributed by atoms with Crippen molar-refractivity contribution in [3.63, 3.8) is 0 Å². The maximum absolute atomic E-state index is 13.1. The summed E-state index contributed by atoms with van der Waals surface area (Å²) in [6.07, 6.45) is -3.15. The van der Waals surface area contributed by atoms with Gasteiger partial charge in [-0.1, -0.05) is 31.5 Å². The Labute approximate surface area is 124 Å². The van der Waals surface area contributed by atoms with Gasteiger partial charge in [0.25, 0.3) is 0 Å². The lowest BCUT2D eigenvalue weighted by Crippen LogP contribution is -2.07. The molecule has 1 heterocycles. The third kappa shape index (κ3) is 2.88. The van der Waals surface area contributed by atoms with E-state index in [4.69, 9.17) is 11.0 Å². The van der Waals surface area contributed by atoms with Crippen molar-refractivity contribution in [2.75, 3.05) is 5.73 Å². The average molecular weight is 310 g/mol. The summed E-state index contributed by atoms with van der Waals surface area (Å²) in [5.41, 5.74) is 6.23. The first-order valence-electron chi connectivity index (χ1n) is 6.38. The minimum absolute atomic E-state index is 0.0895. The number of thiophene rings is 1. The summed E-state index contributed by atoms with van der Waals surface area (Å²) >= 11 is 1.02. The second kappa shape index (κ2) is 5.78. The minimum atomic E-state index is -4.44. The quantitative estimate of drug-likeness (QED) is 0.881. The van der Waals surface area contributed by atoms with Gasteiger partial charge in [0.2, 0.25) is 0 Å². The van der Waals surface area contributed by atoms with E-state index in [0.717, 1.165) is 23.8 Å². The SMILES string of the molecule is CCCc1c(-c2ccccc2C(F)(F)F)sc(C#N)c1N. The van der Waals surface area contributed by atoms with Gasteiger partial charge in [-0.05, 0) is 18.1 Å². The summed E-state index contributed by atoms with van der Waals surface area (Å²) in [6.45, 7) is 1.92. The molecule has 0 saturated carbocycles. The van der Waals surface area contributed by atoms with E-state index in [1.165, 1.54) is 12.1 Å². The smallest absolute Gasteiger partial charge is 0.397 e. The summed E-state index contributed by atoms with van der Waals surface area (Å²) in [6, 6.07) is 7.34. The molecule has 0 bridgehead atoms. The number of nitrogens with zero attached hydrogens (tertiary/aromatic N) is 1. The molecule has 6 heteroatoms. The molecule has 1 aromatic heterocycles. The zero-order valence-corrected chi connectivity index (χ0v) is 12.1. The fourth-order valence-electron chi connectivity index (χ4n) is 2.21. The van der Waals surface area contributed by atoms with Gasteiger partial charge in [0, 0.05) is 10.4 Å². The van der Waals surface area contributed by atoms with Crippen molar-refractivity contribution in [2.24, 2.45) is 0 Å². The van der Waals surface area contributed by atoms with E-state index in [1.807, 2.05) is 13.0 Å². The van der Waals surface area contributed by atoms with Crippen LogP contribution in [0.4, 0.5) is 18.9 Å². The Morgan fingerprint density at radius 1 is 1.29 bits per heavy atom. The van der Waals surface area contributed by atoms with Crippen LogP contribution in [0.25, 0.3) is 10.4 Å². The van der Waals surface area contributed by atoms with Gasteiger partial charge in [-0.25, -0.2) is 0 Å². The maximum Gasteiger partial charge on any atom is 0.417 e. The molecule has 21 heavy (non-hydrogen) atoms. The molecule has 2 nitrogen and oxygen atoms in total. The number of rotatable bonds is 3. The predicted molar refractivity (Wildman–Crippen MR) is 77.9 cm³/mol. The molecular weight excluding hydrogens is 297 g/mol. The molecule has 2 N–H and O–H groups in total. The fraction of sp³-hybridized carbons (Fsp3) is 0.267. The molecule has 0 unspecified atom stereocenters. The van der Waals surface area contributed by atoms with Crippen LogP contribution in [0.2, 0.25) is 0 Å². The first-order valence-corrected chi connectivity index (χ1v) is 7.19. The van der Waals surface area contributed by atoms with Crippen LogP contribution in [-0.4, -0.2) is 0 Å². The lowest BCUT2D eigenvalue weighted by atomic mass is 10.00. The molecule has 0 radical (unpaired) electrons. The number of halogens is 3. The Bertz CT molecular complexity index is 696. The van der Waals surface area contributed by atoms with Gasteiger partial charge < -0.3 is 5.73 Å². The Hall–Kier alpha value is -2.00. The van der Waals surface area contributed by atoms with E-state index in [0.29, 0.717) is 22.5 Å². The van der Waals surface area contributed by atoms with Crippen LogP contribution in [0, 0.1) is 11.3 Å². The molecular formula is C15H13F3N2S. The summed E-state index contributed by atoms with van der Waals surface area (Å²) in [5, 5.41) is 9.06. The van der Waals surface area contributed by atoms with Crippen molar-refractivity contribution >= 4 is 17.0 Å². The van der Waals surface area contributed by atoms with Gasteiger partial charge >= 0.3 is 6.18 Å². The van der Waals surface area contributed by atoms with Gasteiger partial charge in [0.1, 0.15) is 10.9 Å². The van der Waals surface area contributed by atoms with Gasteiger partial charge in [0.05, 0.1) is 11.3 Å². The molecule has 0 atom stereocenters. The average Bonchev–Trinajstić information content (AvgIpc) is 2.75. The summed E-state index contributed by atoms with van der Waals surface area (Å²) in [4.78, 5) is 0.712. The number of benzene rings is 1. The Kier molecular flexibility index (Phi) is 4.24. The second-order valence-corrected chi connectivity index (χ2v) is 5.58. The molecule has 0 amide bonds. The predicted octanol–water partition coefficient (Wildman–Crippen LogP) is 4.84. The zero-order chi connectivity index (χ0) is 15.6. The van der Waals surface area contributed by atoms with Crippen LogP contribution in [0.15, 0.2) is 24.3 Å². The number of alkyl halides is 3. The largest absolute Gasteiger partial charge is 0.417 e. The summed E-state index contributed by atoms with van der Waals surface area (Å²) in [7, 11) is 0. The second-order valence-electron chi connectivity index (χ2n) is 4.56. The van der Waals surface area contributed by atoms with Crippen molar-refractivity contribution in [3.8, 4) is 16.5 Å². The molecule has 0 aliphatic heterocycles. The topological polar surface area (TPSA) is 49.8 Å². The molecule has 2 rings (SSSR count). The standard InChI is InChI=1S/C15H13F3N2S/c1-2-5-10-13(20)12(8-19)21-14(10)9-6-3-4-7-11(9)15(16,17)18/h3-4,6-7H,2,5,20H2,1H3. The van der Waals surface area contributed by atoms with E-state index >= 15 is 0 Å². The molecule has 0 aliphatic rings. The number of anilines is 1. The summed E-state index contributed by atoms with van der Waals surface area (Å²) < 4.78 is 39.4. The van der Waals surface area contributed by atoms with Crippen molar-refractivity contribution in [1.82, 2.24) is 0 Å². The van der Waals surface area contributed by atoms with E-state index in [-0.39, 0.29) is 10.4 Å². The van der Waals surface area contributed by atoms with Crippen molar-refractivity contribution in [2.45, 2.75) is 25.9 Å². The lowest BCUT2D eigenvalue weighted by Gasteiger charge is -2.13.